The minimum Gasteiger partial charge on any atom is -0.480 e. The SMILES string of the molecule is CCc1ccc(S(=O)(=O)N(CC)C(C)(C)C(=O)O)s1. The van der Waals surface area contributed by atoms with Crippen molar-refractivity contribution in [3.63, 3.8) is 0 Å². The van der Waals surface area contributed by atoms with Crippen molar-refractivity contribution in [1.29, 1.82) is 0 Å². The number of aryl methyl sites for hydroxylation is 1. The lowest BCUT2D eigenvalue weighted by molar-refractivity contribution is -0.146. The molecule has 0 atom stereocenters. The van der Waals surface area contributed by atoms with Gasteiger partial charge in [-0.15, -0.1) is 11.3 Å². The van der Waals surface area contributed by atoms with Gasteiger partial charge in [-0.05, 0) is 32.4 Å². The minimum atomic E-state index is -3.77. The summed E-state index contributed by atoms with van der Waals surface area (Å²) in [5.41, 5.74) is -1.47. The van der Waals surface area contributed by atoms with Crippen LogP contribution < -0.4 is 0 Å². The van der Waals surface area contributed by atoms with E-state index in [1.54, 1.807) is 19.1 Å². The van der Waals surface area contributed by atoms with Crippen molar-refractivity contribution < 1.29 is 18.3 Å². The first-order valence-corrected chi connectivity index (χ1v) is 8.28. The highest BCUT2D eigenvalue weighted by Crippen LogP contribution is 2.29. The molecular weight excluding hydrogens is 286 g/mol. The highest BCUT2D eigenvalue weighted by molar-refractivity contribution is 7.91. The minimum absolute atomic E-state index is 0.112. The topological polar surface area (TPSA) is 74.7 Å². The van der Waals surface area contributed by atoms with E-state index in [1.165, 1.54) is 25.2 Å². The zero-order valence-electron chi connectivity index (χ0n) is 11.5. The fourth-order valence-corrected chi connectivity index (χ4v) is 4.93. The number of carbonyl (C=O) groups is 1. The largest absolute Gasteiger partial charge is 0.480 e. The van der Waals surface area contributed by atoms with E-state index >= 15 is 0 Å². The summed E-state index contributed by atoms with van der Waals surface area (Å²) >= 11 is 1.19. The van der Waals surface area contributed by atoms with Gasteiger partial charge in [0, 0.05) is 11.4 Å². The third-order valence-corrected chi connectivity index (χ3v) is 6.81. The average molecular weight is 305 g/mol. The zero-order valence-corrected chi connectivity index (χ0v) is 13.1. The molecule has 0 unspecified atom stereocenters. The molecule has 0 saturated heterocycles. The molecule has 1 aromatic heterocycles. The van der Waals surface area contributed by atoms with Crippen molar-refractivity contribution in [2.24, 2.45) is 0 Å². The summed E-state index contributed by atoms with van der Waals surface area (Å²) in [6, 6.07) is 3.30. The van der Waals surface area contributed by atoms with E-state index in [0.29, 0.717) is 0 Å². The molecule has 19 heavy (non-hydrogen) atoms. The van der Waals surface area contributed by atoms with Crippen LogP contribution in [0, 0.1) is 0 Å². The van der Waals surface area contributed by atoms with E-state index in [1.807, 2.05) is 6.92 Å². The number of aliphatic carboxylic acids is 1. The van der Waals surface area contributed by atoms with E-state index in [0.717, 1.165) is 15.6 Å². The number of thiophene rings is 1. The maximum atomic E-state index is 12.5. The van der Waals surface area contributed by atoms with Crippen LogP contribution in [0.25, 0.3) is 0 Å². The van der Waals surface area contributed by atoms with Gasteiger partial charge < -0.3 is 5.11 Å². The molecule has 0 bridgehead atoms. The van der Waals surface area contributed by atoms with Crippen LogP contribution in [0.5, 0.6) is 0 Å². The fourth-order valence-electron chi connectivity index (χ4n) is 1.77. The molecule has 0 fully saturated rings. The maximum Gasteiger partial charge on any atom is 0.324 e. The number of nitrogens with zero attached hydrogens (tertiary/aromatic N) is 1. The van der Waals surface area contributed by atoms with E-state index in [2.05, 4.69) is 0 Å². The Kier molecular flexibility index (Phi) is 4.76. The molecule has 0 aliphatic heterocycles. The Morgan fingerprint density at radius 1 is 1.37 bits per heavy atom. The second kappa shape index (κ2) is 5.60. The van der Waals surface area contributed by atoms with Gasteiger partial charge in [-0.3, -0.25) is 4.79 Å². The van der Waals surface area contributed by atoms with Gasteiger partial charge in [0.1, 0.15) is 9.75 Å². The summed E-state index contributed by atoms with van der Waals surface area (Å²) in [5.74, 6) is -1.16. The molecule has 7 heteroatoms. The molecule has 1 heterocycles. The Morgan fingerprint density at radius 3 is 2.32 bits per heavy atom. The van der Waals surface area contributed by atoms with Crippen LogP contribution in [0.3, 0.4) is 0 Å². The molecule has 1 N–H and O–H groups in total. The summed E-state index contributed by atoms with van der Waals surface area (Å²) in [5, 5.41) is 9.20. The number of likely N-dealkylation sites (N-methyl/N-ethyl adjacent to an activating group) is 1. The summed E-state index contributed by atoms with van der Waals surface area (Å²) < 4.78 is 26.2. The molecule has 5 nitrogen and oxygen atoms in total. The summed E-state index contributed by atoms with van der Waals surface area (Å²) in [6.07, 6.45) is 0.759. The van der Waals surface area contributed by atoms with Crippen LogP contribution in [0.1, 0.15) is 32.6 Å². The van der Waals surface area contributed by atoms with Crippen molar-refractivity contribution in [3.8, 4) is 0 Å². The second-order valence-corrected chi connectivity index (χ2v) is 7.87. The summed E-state index contributed by atoms with van der Waals surface area (Å²) in [7, 11) is -3.77. The van der Waals surface area contributed by atoms with Crippen molar-refractivity contribution in [1.82, 2.24) is 4.31 Å². The quantitative estimate of drug-likeness (QED) is 0.874. The lowest BCUT2D eigenvalue weighted by Gasteiger charge is -2.32. The molecule has 0 amide bonds. The molecule has 0 spiro atoms. The van der Waals surface area contributed by atoms with Gasteiger partial charge >= 0.3 is 5.97 Å². The van der Waals surface area contributed by atoms with E-state index < -0.39 is 21.5 Å². The Labute approximate surface area is 117 Å². The van der Waals surface area contributed by atoms with Crippen molar-refractivity contribution in [3.05, 3.63) is 17.0 Å². The first kappa shape index (κ1) is 16.1. The third-order valence-electron chi connectivity index (χ3n) is 2.96. The molecule has 0 saturated carbocycles. The van der Waals surface area contributed by atoms with Gasteiger partial charge in [-0.2, -0.15) is 4.31 Å². The van der Waals surface area contributed by atoms with Crippen LogP contribution in [-0.2, 0) is 21.2 Å². The van der Waals surface area contributed by atoms with Crippen molar-refractivity contribution >= 4 is 27.3 Å². The lowest BCUT2D eigenvalue weighted by atomic mass is 10.1. The van der Waals surface area contributed by atoms with Gasteiger partial charge in [0.2, 0.25) is 0 Å². The molecule has 0 radical (unpaired) electrons. The highest BCUT2D eigenvalue weighted by atomic mass is 32.2. The second-order valence-electron chi connectivity index (χ2n) is 4.61. The van der Waals surface area contributed by atoms with Crippen LogP contribution in [0.15, 0.2) is 16.3 Å². The summed E-state index contributed by atoms with van der Waals surface area (Å²) in [6.45, 7) is 6.48. The predicted octanol–water partition coefficient (Wildman–Crippen LogP) is 2.18. The third kappa shape index (κ3) is 2.98. The number of rotatable bonds is 6. The monoisotopic (exact) mass is 305 g/mol. The van der Waals surface area contributed by atoms with Gasteiger partial charge in [0.25, 0.3) is 10.0 Å². The number of sulfonamides is 1. The lowest BCUT2D eigenvalue weighted by Crippen LogP contribution is -2.52. The Bertz CT molecular complexity index is 560. The smallest absolute Gasteiger partial charge is 0.324 e. The van der Waals surface area contributed by atoms with E-state index in [4.69, 9.17) is 0 Å². The first-order chi connectivity index (χ1) is 8.67. The zero-order chi connectivity index (χ0) is 14.8. The fraction of sp³-hybridized carbons (Fsp3) is 0.583. The molecular formula is C12H19NO4S2. The maximum absolute atomic E-state index is 12.5. The number of carboxylic acids is 1. The first-order valence-electron chi connectivity index (χ1n) is 6.02. The molecule has 1 aromatic rings. The molecule has 0 aliphatic rings. The molecule has 0 aromatic carbocycles. The van der Waals surface area contributed by atoms with E-state index in [-0.39, 0.29) is 10.8 Å². The van der Waals surface area contributed by atoms with Gasteiger partial charge in [-0.1, -0.05) is 13.8 Å². The number of hydrogen-bond acceptors (Lipinski definition) is 4. The Balaban J connectivity index is 3.27. The van der Waals surface area contributed by atoms with Gasteiger partial charge in [-0.25, -0.2) is 8.42 Å². The summed E-state index contributed by atoms with van der Waals surface area (Å²) in [4.78, 5) is 12.2. The van der Waals surface area contributed by atoms with Crippen LogP contribution in [0.4, 0.5) is 0 Å². The molecule has 108 valence electrons. The van der Waals surface area contributed by atoms with Crippen LogP contribution >= 0.6 is 11.3 Å². The number of hydrogen-bond donors (Lipinski definition) is 1. The van der Waals surface area contributed by atoms with Crippen LogP contribution in [0.2, 0.25) is 0 Å². The Morgan fingerprint density at radius 2 is 1.95 bits per heavy atom. The Hall–Kier alpha value is -0.920. The van der Waals surface area contributed by atoms with Gasteiger partial charge in [0.15, 0.2) is 0 Å². The number of carboxylic acid groups (broad SMARTS) is 1. The van der Waals surface area contributed by atoms with Crippen LogP contribution in [-0.4, -0.2) is 35.9 Å². The molecule has 0 aliphatic carbocycles. The van der Waals surface area contributed by atoms with E-state index in [9.17, 15) is 18.3 Å². The molecule has 1 rings (SSSR count). The predicted molar refractivity (Wildman–Crippen MR) is 75.0 cm³/mol. The highest BCUT2D eigenvalue weighted by Gasteiger charge is 2.42. The standard InChI is InChI=1S/C12H19NO4S2/c1-5-9-7-8-10(18-9)19(16,17)13(6-2)12(3,4)11(14)15/h7-8H,5-6H2,1-4H3,(H,14,15). The average Bonchev–Trinajstić information content (AvgIpc) is 2.77. The normalized spacial score (nSPS) is 12.9. The van der Waals surface area contributed by atoms with Crippen molar-refractivity contribution in [2.45, 2.75) is 43.9 Å². The van der Waals surface area contributed by atoms with Gasteiger partial charge in [0.05, 0.1) is 0 Å². The van der Waals surface area contributed by atoms with Crippen molar-refractivity contribution in [2.75, 3.05) is 6.54 Å².